The third kappa shape index (κ3) is 1.66. The van der Waals surface area contributed by atoms with Gasteiger partial charge in [0.15, 0.2) is 0 Å². The Labute approximate surface area is 95.3 Å². The average molecular weight is 222 g/mol. The van der Waals surface area contributed by atoms with Crippen molar-refractivity contribution in [3.63, 3.8) is 0 Å². The zero-order valence-corrected chi connectivity index (χ0v) is 9.86. The average Bonchev–Trinajstić information content (AvgIpc) is 2.93. The van der Waals surface area contributed by atoms with Gasteiger partial charge in [0.2, 0.25) is 5.89 Å². The van der Waals surface area contributed by atoms with Crippen molar-refractivity contribution in [3.8, 4) is 0 Å². The van der Waals surface area contributed by atoms with E-state index in [9.17, 15) is 5.11 Å². The van der Waals surface area contributed by atoms with Gasteiger partial charge in [-0.15, -0.1) is 0 Å². The van der Waals surface area contributed by atoms with Crippen molar-refractivity contribution in [1.82, 2.24) is 9.88 Å². The number of rotatable bonds is 3. The molecular formula is C12H18N2O2. The number of aryl methyl sites for hydroxylation is 2. The van der Waals surface area contributed by atoms with Gasteiger partial charge in [-0.2, -0.15) is 0 Å². The van der Waals surface area contributed by atoms with E-state index in [0.717, 1.165) is 37.0 Å². The van der Waals surface area contributed by atoms with Gasteiger partial charge in [-0.1, -0.05) is 0 Å². The molecule has 0 radical (unpaired) electrons. The van der Waals surface area contributed by atoms with Crippen molar-refractivity contribution in [1.29, 1.82) is 0 Å². The van der Waals surface area contributed by atoms with Crippen LogP contribution in [0.25, 0.3) is 0 Å². The molecule has 0 spiro atoms. The molecule has 1 saturated carbocycles. The van der Waals surface area contributed by atoms with Crippen LogP contribution in [0.4, 0.5) is 0 Å². The van der Waals surface area contributed by atoms with Crippen molar-refractivity contribution in [2.75, 3.05) is 13.1 Å². The van der Waals surface area contributed by atoms with Crippen LogP contribution in [0.1, 0.15) is 30.2 Å². The minimum atomic E-state index is -0.406. The molecule has 16 heavy (non-hydrogen) atoms. The standard InChI is InChI=1S/C12H18N2O2/c1-8-9(2)16-11(13-8)5-14-6-12(15,7-14)10-3-4-10/h10,15H,3-7H2,1-2H3. The van der Waals surface area contributed by atoms with Gasteiger partial charge in [0.1, 0.15) is 5.76 Å². The van der Waals surface area contributed by atoms with Crippen LogP contribution in [0, 0.1) is 19.8 Å². The van der Waals surface area contributed by atoms with Crippen molar-refractivity contribution in [2.45, 2.75) is 38.8 Å². The predicted molar refractivity (Wildman–Crippen MR) is 58.9 cm³/mol. The first-order valence-electron chi connectivity index (χ1n) is 5.94. The number of likely N-dealkylation sites (tertiary alicyclic amines) is 1. The number of nitrogens with zero attached hydrogens (tertiary/aromatic N) is 2. The molecule has 0 bridgehead atoms. The molecule has 0 aromatic carbocycles. The van der Waals surface area contributed by atoms with E-state index in [0.29, 0.717) is 5.92 Å². The van der Waals surface area contributed by atoms with E-state index in [2.05, 4.69) is 9.88 Å². The van der Waals surface area contributed by atoms with E-state index in [4.69, 9.17) is 4.42 Å². The Balaban J connectivity index is 1.57. The summed E-state index contributed by atoms with van der Waals surface area (Å²) in [5.74, 6) is 2.22. The molecule has 0 atom stereocenters. The largest absolute Gasteiger partial charge is 0.444 e. The fourth-order valence-electron chi connectivity index (χ4n) is 2.52. The number of β-amino-alcohol motifs (C(OH)–C–C–N with tert-alkyl or cyclic N) is 1. The summed E-state index contributed by atoms with van der Waals surface area (Å²) in [5.41, 5.74) is 0.560. The fraction of sp³-hybridized carbons (Fsp3) is 0.750. The highest BCUT2D eigenvalue weighted by Gasteiger charge is 2.51. The normalized spacial score (nSPS) is 24.4. The molecular weight excluding hydrogens is 204 g/mol. The van der Waals surface area contributed by atoms with Crippen LogP contribution in [0.3, 0.4) is 0 Å². The van der Waals surface area contributed by atoms with Gasteiger partial charge in [-0.05, 0) is 32.6 Å². The van der Waals surface area contributed by atoms with Crippen LogP contribution in [-0.2, 0) is 6.54 Å². The summed E-state index contributed by atoms with van der Waals surface area (Å²) in [6.45, 7) is 6.17. The lowest BCUT2D eigenvalue weighted by Gasteiger charge is -2.46. The van der Waals surface area contributed by atoms with Crippen LogP contribution >= 0.6 is 0 Å². The molecule has 2 fully saturated rings. The number of aromatic nitrogens is 1. The molecule has 1 saturated heterocycles. The van der Waals surface area contributed by atoms with Crippen LogP contribution in [0.5, 0.6) is 0 Å². The summed E-state index contributed by atoms with van der Waals surface area (Å²) in [5, 5.41) is 10.2. The summed E-state index contributed by atoms with van der Waals surface area (Å²) < 4.78 is 5.53. The van der Waals surface area contributed by atoms with Crippen LogP contribution in [0.2, 0.25) is 0 Å². The summed E-state index contributed by atoms with van der Waals surface area (Å²) >= 11 is 0. The molecule has 4 nitrogen and oxygen atoms in total. The summed E-state index contributed by atoms with van der Waals surface area (Å²) in [6, 6.07) is 0. The quantitative estimate of drug-likeness (QED) is 0.836. The minimum absolute atomic E-state index is 0.406. The first-order chi connectivity index (χ1) is 7.57. The van der Waals surface area contributed by atoms with E-state index < -0.39 is 5.60 Å². The first-order valence-corrected chi connectivity index (χ1v) is 5.94. The molecule has 2 aliphatic rings. The lowest BCUT2D eigenvalue weighted by molar-refractivity contribution is -0.118. The van der Waals surface area contributed by atoms with Crippen LogP contribution < -0.4 is 0 Å². The topological polar surface area (TPSA) is 49.5 Å². The predicted octanol–water partition coefficient (Wildman–Crippen LogP) is 1.25. The van der Waals surface area contributed by atoms with Crippen molar-refractivity contribution >= 4 is 0 Å². The summed E-state index contributed by atoms with van der Waals surface area (Å²) in [7, 11) is 0. The van der Waals surface area contributed by atoms with Gasteiger partial charge in [-0.25, -0.2) is 4.98 Å². The number of hydrogen-bond acceptors (Lipinski definition) is 4. The van der Waals surface area contributed by atoms with Crippen molar-refractivity contribution < 1.29 is 9.52 Å². The summed E-state index contributed by atoms with van der Waals surface area (Å²) in [6.07, 6.45) is 2.39. The molecule has 1 aromatic rings. The van der Waals surface area contributed by atoms with Crippen LogP contribution in [0.15, 0.2) is 4.42 Å². The molecule has 3 rings (SSSR count). The maximum atomic E-state index is 10.2. The molecule has 1 aliphatic heterocycles. The zero-order valence-electron chi connectivity index (χ0n) is 9.86. The molecule has 0 amide bonds. The Hall–Kier alpha value is -0.870. The Morgan fingerprint density at radius 3 is 2.62 bits per heavy atom. The van der Waals surface area contributed by atoms with E-state index in [-0.39, 0.29) is 0 Å². The molecule has 0 unspecified atom stereocenters. The highest BCUT2D eigenvalue weighted by Crippen LogP contribution is 2.44. The Morgan fingerprint density at radius 1 is 1.44 bits per heavy atom. The molecule has 88 valence electrons. The number of aliphatic hydroxyl groups is 1. The first kappa shape index (κ1) is 10.3. The van der Waals surface area contributed by atoms with E-state index in [1.807, 2.05) is 13.8 Å². The van der Waals surface area contributed by atoms with E-state index >= 15 is 0 Å². The Kier molecular flexibility index (Phi) is 2.13. The highest BCUT2D eigenvalue weighted by molar-refractivity contribution is 5.08. The molecule has 1 aromatic heterocycles. The van der Waals surface area contributed by atoms with Crippen molar-refractivity contribution in [2.24, 2.45) is 5.92 Å². The monoisotopic (exact) mass is 222 g/mol. The highest BCUT2D eigenvalue weighted by atomic mass is 16.4. The third-order valence-corrected chi connectivity index (χ3v) is 3.76. The van der Waals surface area contributed by atoms with Gasteiger partial charge in [0, 0.05) is 13.1 Å². The zero-order chi connectivity index (χ0) is 11.3. The van der Waals surface area contributed by atoms with Crippen LogP contribution in [-0.4, -0.2) is 33.7 Å². The summed E-state index contributed by atoms with van der Waals surface area (Å²) in [4.78, 5) is 6.55. The maximum absolute atomic E-state index is 10.2. The Bertz CT molecular complexity index is 384. The lowest BCUT2D eigenvalue weighted by atomic mass is 9.89. The second-order valence-corrected chi connectivity index (χ2v) is 5.27. The maximum Gasteiger partial charge on any atom is 0.208 e. The van der Waals surface area contributed by atoms with Gasteiger partial charge < -0.3 is 9.52 Å². The van der Waals surface area contributed by atoms with E-state index in [1.54, 1.807) is 0 Å². The second-order valence-electron chi connectivity index (χ2n) is 5.27. The van der Waals surface area contributed by atoms with E-state index in [1.165, 1.54) is 12.8 Å². The number of hydrogen-bond donors (Lipinski definition) is 1. The lowest BCUT2D eigenvalue weighted by Crippen LogP contribution is -2.62. The van der Waals surface area contributed by atoms with Crippen molar-refractivity contribution in [3.05, 3.63) is 17.3 Å². The second kappa shape index (κ2) is 3.31. The fourth-order valence-corrected chi connectivity index (χ4v) is 2.52. The Morgan fingerprint density at radius 2 is 2.12 bits per heavy atom. The van der Waals surface area contributed by atoms with Gasteiger partial charge in [0.25, 0.3) is 0 Å². The van der Waals surface area contributed by atoms with Gasteiger partial charge in [-0.3, -0.25) is 4.90 Å². The third-order valence-electron chi connectivity index (χ3n) is 3.76. The molecule has 2 heterocycles. The van der Waals surface area contributed by atoms with Gasteiger partial charge in [0.05, 0.1) is 17.8 Å². The van der Waals surface area contributed by atoms with Gasteiger partial charge >= 0.3 is 0 Å². The molecule has 1 N–H and O–H groups in total. The molecule has 1 aliphatic carbocycles. The smallest absolute Gasteiger partial charge is 0.208 e. The minimum Gasteiger partial charge on any atom is -0.444 e. The molecule has 4 heteroatoms. The number of oxazole rings is 1. The SMILES string of the molecule is Cc1nc(CN2CC(O)(C3CC3)C2)oc1C.